The van der Waals surface area contributed by atoms with Gasteiger partial charge in [-0.05, 0) is 30.0 Å². The monoisotopic (exact) mass is 590 g/mol. The summed E-state index contributed by atoms with van der Waals surface area (Å²) in [7, 11) is 0. The lowest BCUT2D eigenvalue weighted by Crippen LogP contribution is -2.53. The Morgan fingerprint density at radius 2 is 1.86 bits per heavy atom. The Labute approximate surface area is 245 Å². The predicted octanol–water partition coefficient (Wildman–Crippen LogP) is 3.04. The summed E-state index contributed by atoms with van der Waals surface area (Å²) >= 11 is 1.15. The number of amides is 3. The van der Waals surface area contributed by atoms with Gasteiger partial charge < -0.3 is 30.2 Å². The topological polar surface area (TPSA) is 145 Å². The zero-order valence-corrected chi connectivity index (χ0v) is 23.4. The van der Waals surface area contributed by atoms with Crippen molar-refractivity contribution in [2.24, 2.45) is 5.92 Å². The molecule has 2 aromatic carbocycles. The first kappa shape index (κ1) is 28.0. The van der Waals surface area contributed by atoms with Crippen molar-refractivity contribution in [1.82, 2.24) is 15.6 Å². The number of para-hydroxylation sites is 1. The fraction of sp³-hybridized carbons (Fsp3) is 0.367. The molecule has 3 N–H and O–H groups in total. The van der Waals surface area contributed by atoms with E-state index in [0.29, 0.717) is 12.3 Å². The van der Waals surface area contributed by atoms with Crippen LogP contribution in [-0.2, 0) is 30.2 Å². The molecule has 0 aliphatic carbocycles. The third-order valence-electron chi connectivity index (χ3n) is 7.79. The highest BCUT2D eigenvalue weighted by Gasteiger charge is 2.44. The highest BCUT2D eigenvalue weighted by molar-refractivity contribution is 7.11. The van der Waals surface area contributed by atoms with Crippen LogP contribution >= 0.6 is 11.3 Å². The summed E-state index contributed by atoms with van der Waals surface area (Å²) in [6.45, 7) is 0.751. The van der Waals surface area contributed by atoms with Gasteiger partial charge in [0.15, 0.2) is 11.3 Å². The molecule has 6 atom stereocenters. The average Bonchev–Trinajstić information content (AvgIpc) is 3.79. The second-order valence-corrected chi connectivity index (χ2v) is 11.4. The predicted molar refractivity (Wildman–Crippen MR) is 152 cm³/mol. The number of ether oxygens (including phenoxy) is 3. The first-order valence-corrected chi connectivity index (χ1v) is 14.7. The van der Waals surface area contributed by atoms with E-state index in [-0.39, 0.29) is 42.6 Å². The number of aromatic nitrogens is 1. The van der Waals surface area contributed by atoms with E-state index >= 15 is 0 Å². The fourth-order valence-corrected chi connectivity index (χ4v) is 6.29. The number of hydrogen-bond acceptors (Lipinski definition) is 9. The number of carbonyl (C=O) groups excluding carboxylic acids is 4. The molecule has 3 aromatic rings. The maximum Gasteiger partial charge on any atom is 0.408 e. The summed E-state index contributed by atoms with van der Waals surface area (Å²) in [6.07, 6.45) is 0.770. The van der Waals surface area contributed by atoms with Crippen LogP contribution in [0.1, 0.15) is 39.7 Å². The summed E-state index contributed by atoms with van der Waals surface area (Å²) in [6, 6.07) is 14.3. The molecule has 6 rings (SSSR count). The molecule has 3 aliphatic rings. The molecule has 12 heteroatoms. The summed E-state index contributed by atoms with van der Waals surface area (Å²) in [5.74, 6) is -1.95. The Morgan fingerprint density at radius 3 is 2.67 bits per heavy atom. The SMILES string of the molecule is O=C(N[C@@H](Cc1ccccc1)C(=O)N[C@@H](CC1C(=O)Nc2ccccc21)C(=O)c1nccs1)O[C@H]1CO[C@H]2OCC[C@H]21. The number of hydrogen-bond donors (Lipinski definition) is 3. The van der Waals surface area contributed by atoms with Gasteiger partial charge in [0.05, 0.1) is 31.1 Å². The molecule has 0 radical (unpaired) electrons. The number of alkyl carbamates (subject to hydrolysis) is 1. The molecule has 218 valence electrons. The maximum absolute atomic E-state index is 13.8. The van der Waals surface area contributed by atoms with Gasteiger partial charge in [0.2, 0.25) is 17.6 Å². The van der Waals surface area contributed by atoms with Crippen LogP contribution in [0.3, 0.4) is 0 Å². The van der Waals surface area contributed by atoms with Crippen molar-refractivity contribution in [2.45, 2.75) is 49.7 Å². The van der Waals surface area contributed by atoms with E-state index in [1.54, 1.807) is 11.4 Å². The molecule has 0 spiro atoms. The number of carbonyl (C=O) groups is 4. The number of rotatable bonds is 10. The van der Waals surface area contributed by atoms with Crippen LogP contribution in [0.5, 0.6) is 0 Å². The van der Waals surface area contributed by atoms with E-state index in [9.17, 15) is 19.2 Å². The lowest BCUT2D eigenvalue weighted by molar-refractivity contribution is -0.124. The van der Waals surface area contributed by atoms with Gasteiger partial charge in [0.25, 0.3) is 0 Å². The number of anilines is 1. The Hall–Kier alpha value is -4.13. The van der Waals surface area contributed by atoms with Gasteiger partial charge in [-0.2, -0.15) is 0 Å². The molecule has 3 amide bonds. The first-order valence-electron chi connectivity index (χ1n) is 13.8. The van der Waals surface area contributed by atoms with Crippen molar-refractivity contribution >= 4 is 40.7 Å². The van der Waals surface area contributed by atoms with Crippen LogP contribution in [0.4, 0.5) is 10.5 Å². The van der Waals surface area contributed by atoms with E-state index in [1.165, 1.54) is 6.20 Å². The van der Waals surface area contributed by atoms with E-state index in [1.807, 2.05) is 48.5 Å². The van der Waals surface area contributed by atoms with E-state index in [0.717, 1.165) is 28.9 Å². The van der Waals surface area contributed by atoms with Crippen LogP contribution in [0, 0.1) is 5.92 Å². The number of Topliss-reactive ketones (excluding diaryl/α,β-unsaturated/α-hetero) is 1. The highest BCUT2D eigenvalue weighted by atomic mass is 32.1. The van der Waals surface area contributed by atoms with E-state index < -0.39 is 41.9 Å². The van der Waals surface area contributed by atoms with Gasteiger partial charge in [-0.25, -0.2) is 9.78 Å². The Balaban J connectivity index is 1.21. The molecule has 11 nitrogen and oxygen atoms in total. The number of ketones is 1. The third kappa shape index (κ3) is 6.06. The molecule has 0 saturated carbocycles. The lowest BCUT2D eigenvalue weighted by Gasteiger charge is -2.25. The number of fused-ring (bicyclic) bond motifs is 2. The molecular weight excluding hydrogens is 560 g/mol. The Kier molecular flexibility index (Phi) is 8.27. The first-order chi connectivity index (χ1) is 20.5. The van der Waals surface area contributed by atoms with Crippen LogP contribution in [0.15, 0.2) is 66.2 Å². The minimum absolute atomic E-state index is 0.0258. The van der Waals surface area contributed by atoms with Crippen molar-refractivity contribution in [2.75, 3.05) is 18.5 Å². The van der Waals surface area contributed by atoms with E-state index in [2.05, 4.69) is 20.9 Å². The molecule has 3 aliphatic heterocycles. The van der Waals surface area contributed by atoms with Crippen molar-refractivity contribution in [3.63, 3.8) is 0 Å². The van der Waals surface area contributed by atoms with Crippen molar-refractivity contribution in [3.05, 3.63) is 82.3 Å². The largest absolute Gasteiger partial charge is 0.443 e. The average molecular weight is 591 g/mol. The van der Waals surface area contributed by atoms with Crippen molar-refractivity contribution < 1.29 is 33.4 Å². The van der Waals surface area contributed by atoms with Gasteiger partial charge in [-0.1, -0.05) is 48.5 Å². The van der Waals surface area contributed by atoms with Crippen molar-refractivity contribution in [1.29, 1.82) is 0 Å². The standard InChI is InChI=1S/C30H30N4O7S/c35-25(28-31-11-13-42-28)22(15-20-18-8-4-5-9-21(18)32-26(20)36)33-27(37)23(14-17-6-2-1-3-7-17)34-30(38)41-24-16-40-29-19(24)10-12-39-29/h1-9,11,13,19-20,22-24,29H,10,12,14-16H2,(H,32,36)(H,33,37)(H,34,38)/t19-,20?,22-,23-,24-,29+/m0/s1. The fourth-order valence-electron chi connectivity index (χ4n) is 5.66. The number of nitrogens with zero attached hydrogens (tertiary/aromatic N) is 1. The maximum atomic E-state index is 13.8. The van der Waals surface area contributed by atoms with E-state index in [4.69, 9.17) is 14.2 Å². The normalized spacial score (nSPS) is 23.8. The van der Waals surface area contributed by atoms with Gasteiger partial charge in [0, 0.05) is 23.7 Å². The van der Waals surface area contributed by atoms with Gasteiger partial charge in [-0.3, -0.25) is 14.4 Å². The number of benzene rings is 2. The van der Waals surface area contributed by atoms with Crippen LogP contribution < -0.4 is 16.0 Å². The second kappa shape index (κ2) is 12.4. The van der Waals surface area contributed by atoms with Gasteiger partial charge in [-0.15, -0.1) is 11.3 Å². The minimum atomic E-state index is -1.07. The smallest absolute Gasteiger partial charge is 0.408 e. The molecule has 1 unspecified atom stereocenters. The summed E-state index contributed by atoms with van der Waals surface area (Å²) in [4.78, 5) is 57.4. The summed E-state index contributed by atoms with van der Waals surface area (Å²) in [5.41, 5.74) is 2.24. The zero-order valence-electron chi connectivity index (χ0n) is 22.6. The Morgan fingerprint density at radius 1 is 1.05 bits per heavy atom. The van der Waals surface area contributed by atoms with Crippen molar-refractivity contribution in [3.8, 4) is 0 Å². The molecular formula is C30H30N4O7S. The molecule has 42 heavy (non-hydrogen) atoms. The summed E-state index contributed by atoms with van der Waals surface area (Å²) in [5, 5.41) is 10.3. The quantitative estimate of drug-likeness (QED) is 0.306. The van der Waals surface area contributed by atoms with Crippen LogP contribution in [0.2, 0.25) is 0 Å². The molecule has 0 bridgehead atoms. The molecule has 4 heterocycles. The van der Waals surface area contributed by atoms with Gasteiger partial charge >= 0.3 is 6.09 Å². The van der Waals surface area contributed by atoms with Crippen LogP contribution in [0.25, 0.3) is 0 Å². The molecule has 2 fully saturated rings. The number of thiazole rings is 1. The zero-order chi connectivity index (χ0) is 29.1. The number of nitrogens with one attached hydrogen (secondary N) is 3. The molecule has 2 saturated heterocycles. The third-order valence-corrected chi connectivity index (χ3v) is 8.58. The minimum Gasteiger partial charge on any atom is -0.443 e. The highest BCUT2D eigenvalue weighted by Crippen LogP contribution is 2.36. The second-order valence-electron chi connectivity index (χ2n) is 10.5. The van der Waals surface area contributed by atoms with Crippen LogP contribution in [-0.4, -0.2) is 66.4 Å². The Bertz CT molecular complexity index is 1450. The van der Waals surface area contributed by atoms with Gasteiger partial charge in [0.1, 0.15) is 12.1 Å². The summed E-state index contributed by atoms with van der Waals surface area (Å²) < 4.78 is 16.7. The molecule has 1 aromatic heterocycles. The lowest BCUT2D eigenvalue weighted by atomic mass is 9.91.